The molecule has 0 fully saturated rings. The third-order valence-electron chi connectivity index (χ3n) is 2.26. The first-order valence-electron chi connectivity index (χ1n) is 4.59. The quantitative estimate of drug-likeness (QED) is 0.725. The summed E-state index contributed by atoms with van der Waals surface area (Å²) in [6.45, 7) is 5.41. The number of aromatic nitrogens is 1. The van der Waals surface area contributed by atoms with Crippen molar-refractivity contribution in [1.29, 1.82) is 0 Å². The lowest BCUT2D eigenvalue weighted by atomic mass is 10.2. The Morgan fingerprint density at radius 1 is 1.58 bits per heavy atom. The van der Waals surface area contributed by atoms with E-state index in [-0.39, 0.29) is 0 Å². The minimum Gasteiger partial charge on any atom is -0.351 e. The molecule has 0 bridgehead atoms. The van der Waals surface area contributed by atoms with Gasteiger partial charge >= 0.3 is 0 Å². The molecule has 2 heteroatoms. The van der Waals surface area contributed by atoms with Gasteiger partial charge in [-0.3, -0.25) is 0 Å². The molecule has 2 nitrogen and oxygen atoms in total. The molecule has 0 radical (unpaired) electrons. The Morgan fingerprint density at radius 2 is 2.33 bits per heavy atom. The molecular weight excluding hydrogens is 148 g/mol. The van der Waals surface area contributed by atoms with E-state index < -0.39 is 0 Å². The Kier molecular flexibility index (Phi) is 3.35. The number of rotatable bonds is 4. The highest BCUT2D eigenvalue weighted by molar-refractivity contribution is 5.10. The van der Waals surface area contributed by atoms with Crippen LogP contribution in [0.2, 0.25) is 0 Å². The fourth-order valence-corrected chi connectivity index (χ4v) is 1.25. The van der Waals surface area contributed by atoms with Crippen LogP contribution in [0.5, 0.6) is 0 Å². The molecule has 1 rings (SSSR count). The average molecular weight is 166 g/mol. The van der Waals surface area contributed by atoms with E-state index in [1.54, 1.807) is 0 Å². The molecule has 0 aliphatic heterocycles. The van der Waals surface area contributed by atoms with Gasteiger partial charge in [0.1, 0.15) is 0 Å². The summed E-state index contributed by atoms with van der Waals surface area (Å²) in [6.07, 6.45) is 5.55. The Hall–Kier alpha value is -0.760. The van der Waals surface area contributed by atoms with Gasteiger partial charge in [-0.05, 0) is 32.0 Å². The van der Waals surface area contributed by atoms with Gasteiger partial charge in [-0.2, -0.15) is 0 Å². The molecule has 0 saturated heterocycles. The normalized spacial score (nSPS) is 13.2. The van der Waals surface area contributed by atoms with Crippen LogP contribution in [0.3, 0.4) is 0 Å². The molecule has 1 N–H and O–H groups in total. The van der Waals surface area contributed by atoms with Crippen molar-refractivity contribution in [3.05, 3.63) is 24.0 Å². The molecule has 0 spiro atoms. The standard InChI is InChI=1S/C10H18N2/c1-4-9(2)12-6-5-10(8-12)7-11-3/h5-6,8-9,11H,4,7H2,1-3H3/t9-/m1/s1. The maximum atomic E-state index is 3.14. The molecule has 1 aromatic heterocycles. The van der Waals surface area contributed by atoms with Crippen LogP contribution >= 0.6 is 0 Å². The second-order valence-electron chi connectivity index (χ2n) is 3.25. The molecule has 0 aliphatic rings. The van der Waals surface area contributed by atoms with E-state index in [1.165, 1.54) is 12.0 Å². The smallest absolute Gasteiger partial charge is 0.0299 e. The van der Waals surface area contributed by atoms with Crippen LogP contribution < -0.4 is 5.32 Å². The molecule has 12 heavy (non-hydrogen) atoms. The maximum Gasteiger partial charge on any atom is 0.0299 e. The highest BCUT2D eigenvalue weighted by Gasteiger charge is 2.01. The van der Waals surface area contributed by atoms with Gasteiger partial charge in [-0.25, -0.2) is 0 Å². The molecule has 68 valence electrons. The first kappa shape index (κ1) is 9.33. The second-order valence-corrected chi connectivity index (χ2v) is 3.25. The van der Waals surface area contributed by atoms with Crippen molar-refractivity contribution in [2.45, 2.75) is 32.9 Å². The van der Waals surface area contributed by atoms with Crippen molar-refractivity contribution in [3.63, 3.8) is 0 Å². The summed E-state index contributed by atoms with van der Waals surface area (Å²) in [4.78, 5) is 0. The van der Waals surface area contributed by atoms with Crippen LogP contribution in [-0.2, 0) is 6.54 Å². The molecule has 1 atom stereocenters. The minimum absolute atomic E-state index is 0.621. The molecule has 0 unspecified atom stereocenters. The van der Waals surface area contributed by atoms with Crippen LogP contribution in [0, 0.1) is 0 Å². The van der Waals surface area contributed by atoms with Gasteiger partial charge in [-0.1, -0.05) is 6.92 Å². The third-order valence-corrected chi connectivity index (χ3v) is 2.26. The average Bonchev–Trinajstić information content (AvgIpc) is 2.52. The van der Waals surface area contributed by atoms with Crippen molar-refractivity contribution in [1.82, 2.24) is 9.88 Å². The van der Waals surface area contributed by atoms with Crippen LogP contribution in [0.1, 0.15) is 31.9 Å². The van der Waals surface area contributed by atoms with E-state index in [2.05, 4.69) is 42.2 Å². The monoisotopic (exact) mass is 166 g/mol. The maximum absolute atomic E-state index is 3.14. The summed E-state index contributed by atoms with van der Waals surface area (Å²) in [5.41, 5.74) is 1.36. The van der Waals surface area contributed by atoms with Gasteiger partial charge in [0.2, 0.25) is 0 Å². The lowest BCUT2D eigenvalue weighted by Crippen LogP contribution is -2.04. The molecule has 1 heterocycles. The minimum atomic E-state index is 0.621. The SMILES string of the molecule is CC[C@@H](C)n1ccc(CNC)c1. The summed E-state index contributed by atoms with van der Waals surface area (Å²) in [6, 6.07) is 2.79. The predicted molar refractivity (Wildman–Crippen MR) is 52.2 cm³/mol. The summed E-state index contributed by atoms with van der Waals surface area (Å²) in [5, 5.41) is 3.14. The van der Waals surface area contributed by atoms with Crippen LogP contribution in [0.15, 0.2) is 18.5 Å². The zero-order valence-electron chi connectivity index (χ0n) is 8.17. The lowest BCUT2D eigenvalue weighted by Gasteiger charge is -2.09. The molecule has 0 amide bonds. The van der Waals surface area contributed by atoms with Gasteiger partial charge < -0.3 is 9.88 Å². The Labute approximate surface area is 74.6 Å². The van der Waals surface area contributed by atoms with Gasteiger partial charge in [-0.15, -0.1) is 0 Å². The fourth-order valence-electron chi connectivity index (χ4n) is 1.25. The van der Waals surface area contributed by atoms with E-state index in [1.807, 2.05) is 7.05 Å². The first-order valence-corrected chi connectivity index (χ1v) is 4.59. The van der Waals surface area contributed by atoms with Gasteiger partial charge in [0.05, 0.1) is 0 Å². The zero-order chi connectivity index (χ0) is 8.97. The summed E-state index contributed by atoms with van der Waals surface area (Å²) in [7, 11) is 1.97. The Morgan fingerprint density at radius 3 is 2.92 bits per heavy atom. The number of nitrogens with zero attached hydrogens (tertiary/aromatic N) is 1. The van der Waals surface area contributed by atoms with Crippen molar-refractivity contribution in [2.24, 2.45) is 0 Å². The van der Waals surface area contributed by atoms with E-state index in [9.17, 15) is 0 Å². The highest BCUT2D eigenvalue weighted by Crippen LogP contribution is 2.11. The number of hydrogen-bond donors (Lipinski definition) is 1. The topological polar surface area (TPSA) is 17.0 Å². The first-order chi connectivity index (χ1) is 5.77. The van der Waals surface area contributed by atoms with Gasteiger partial charge in [0.25, 0.3) is 0 Å². The van der Waals surface area contributed by atoms with E-state index in [0.29, 0.717) is 6.04 Å². The van der Waals surface area contributed by atoms with Gasteiger partial charge in [0, 0.05) is 25.0 Å². The van der Waals surface area contributed by atoms with Crippen LogP contribution in [0.25, 0.3) is 0 Å². The fraction of sp³-hybridized carbons (Fsp3) is 0.600. The Balaban J connectivity index is 2.63. The largest absolute Gasteiger partial charge is 0.351 e. The molecular formula is C10H18N2. The van der Waals surface area contributed by atoms with E-state index in [4.69, 9.17) is 0 Å². The summed E-state index contributed by atoms with van der Waals surface area (Å²) < 4.78 is 2.27. The molecule has 0 aliphatic carbocycles. The van der Waals surface area contributed by atoms with Crippen molar-refractivity contribution in [3.8, 4) is 0 Å². The van der Waals surface area contributed by atoms with Crippen LogP contribution in [0.4, 0.5) is 0 Å². The van der Waals surface area contributed by atoms with E-state index >= 15 is 0 Å². The zero-order valence-corrected chi connectivity index (χ0v) is 8.17. The third kappa shape index (κ3) is 2.11. The predicted octanol–water partition coefficient (Wildman–Crippen LogP) is 2.18. The molecule has 1 aromatic rings. The number of nitrogens with one attached hydrogen (secondary N) is 1. The van der Waals surface area contributed by atoms with Crippen molar-refractivity contribution < 1.29 is 0 Å². The number of hydrogen-bond acceptors (Lipinski definition) is 1. The summed E-state index contributed by atoms with van der Waals surface area (Å²) in [5.74, 6) is 0. The molecule has 0 aromatic carbocycles. The van der Waals surface area contributed by atoms with Crippen LogP contribution in [-0.4, -0.2) is 11.6 Å². The second kappa shape index (κ2) is 4.31. The Bertz CT molecular complexity index is 227. The van der Waals surface area contributed by atoms with Crippen molar-refractivity contribution in [2.75, 3.05) is 7.05 Å². The van der Waals surface area contributed by atoms with Gasteiger partial charge in [0.15, 0.2) is 0 Å². The lowest BCUT2D eigenvalue weighted by molar-refractivity contribution is 0.532. The summed E-state index contributed by atoms with van der Waals surface area (Å²) >= 11 is 0. The highest BCUT2D eigenvalue weighted by atomic mass is 15.0. The molecule has 0 saturated carbocycles. The van der Waals surface area contributed by atoms with Crippen molar-refractivity contribution >= 4 is 0 Å². The van der Waals surface area contributed by atoms with E-state index in [0.717, 1.165) is 6.54 Å².